The molecule has 0 radical (unpaired) electrons. The Hall–Kier alpha value is -2.25. The molecule has 7 nitrogen and oxygen atoms in total. The van der Waals surface area contributed by atoms with E-state index in [2.05, 4.69) is 10.6 Å². The first-order chi connectivity index (χ1) is 13.0. The zero-order valence-corrected chi connectivity index (χ0v) is 15.4. The zero-order chi connectivity index (χ0) is 19.0. The lowest BCUT2D eigenvalue weighted by atomic mass is 10.0. The van der Waals surface area contributed by atoms with Gasteiger partial charge in [0.25, 0.3) is 5.91 Å². The summed E-state index contributed by atoms with van der Waals surface area (Å²) in [5.74, 6) is -0.140. The maximum atomic E-state index is 12.8. The molecule has 2 heterocycles. The lowest BCUT2D eigenvalue weighted by Gasteiger charge is -2.29. The molecule has 1 aliphatic carbocycles. The molecule has 4 N–H and O–H groups in total. The van der Waals surface area contributed by atoms with Crippen molar-refractivity contribution in [3.05, 3.63) is 34.9 Å². The molecule has 0 bridgehead atoms. The number of carbonyl (C=O) groups is 3. The van der Waals surface area contributed by atoms with Crippen LogP contribution in [0.2, 0.25) is 0 Å². The van der Waals surface area contributed by atoms with Gasteiger partial charge in [-0.1, -0.05) is 12.1 Å². The second kappa shape index (κ2) is 7.40. The molecule has 3 unspecified atom stereocenters. The first kappa shape index (κ1) is 18.1. The van der Waals surface area contributed by atoms with E-state index in [0.717, 1.165) is 37.1 Å². The van der Waals surface area contributed by atoms with Gasteiger partial charge in [0.1, 0.15) is 6.04 Å². The van der Waals surface area contributed by atoms with Crippen molar-refractivity contribution in [2.45, 2.75) is 57.3 Å². The fourth-order valence-electron chi connectivity index (χ4n) is 4.45. The van der Waals surface area contributed by atoms with Crippen molar-refractivity contribution in [2.75, 3.05) is 6.54 Å². The Bertz CT molecular complexity index is 778. The van der Waals surface area contributed by atoms with Crippen molar-refractivity contribution in [3.63, 3.8) is 0 Å². The highest BCUT2D eigenvalue weighted by atomic mass is 16.2. The first-order valence-electron chi connectivity index (χ1n) is 9.75. The number of fused-ring (bicyclic) bond motifs is 1. The van der Waals surface area contributed by atoms with Gasteiger partial charge in [0, 0.05) is 31.1 Å². The monoisotopic (exact) mass is 370 g/mol. The maximum Gasteiger partial charge on any atom is 0.255 e. The van der Waals surface area contributed by atoms with Gasteiger partial charge in [-0.3, -0.25) is 19.7 Å². The number of nitrogens with one attached hydrogen (secondary N) is 2. The summed E-state index contributed by atoms with van der Waals surface area (Å²) < 4.78 is 0. The molecule has 1 aromatic carbocycles. The molecular formula is C20H26N4O3. The van der Waals surface area contributed by atoms with Gasteiger partial charge < -0.3 is 16.0 Å². The molecule has 7 heteroatoms. The van der Waals surface area contributed by atoms with Crippen LogP contribution in [0.4, 0.5) is 0 Å². The van der Waals surface area contributed by atoms with Gasteiger partial charge in [-0.15, -0.1) is 0 Å². The van der Waals surface area contributed by atoms with Crippen LogP contribution in [0.25, 0.3) is 0 Å². The summed E-state index contributed by atoms with van der Waals surface area (Å²) in [4.78, 5) is 37.9. The molecule has 0 aromatic heterocycles. The molecule has 144 valence electrons. The Morgan fingerprint density at radius 1 is 1.19 bits per heavy atom. The number of imide groups is 1. The SMILES string of the molecule is NCC1CCC(NCc2ccc3c(c2)C(=O)N(C2CCC(=O)NC2=O)C3)C1. The Morgan fingerprint density at radius 3 is 2.78 bits per heavy atom. The predicted octanol–water partition coefficient (Wildman–Crippen LogP) is 0.665. The Kier molecular flexibility index (Phi) is 4.97. The lowest BCUT2D eigenvalue weighted by Crippen LogP contribution is -2.52. The van der Waals surface area contributed by atoms with Crippen LogP contribution in [0.1, 0.15) is 53.6 Å². The van der Waals surface area contributed by atoms with Crippen molar-refractivity contribution in [1.82, 2.24) is 15.5 Å². The molecule has 3 amide bonds. The number of nitrogens with two attached hydrogens (primary N) is 1. The molecule has 3 atom stereocenters. The summed E-state index contributed by atoms with van der Waals surface area (Å²) in [5, 5.41) is 5.91. The summed E-state index contributed by atoms with van der Waals surface area (Å²) in [5.41, 5.74) is 8.44. The van der Waals surface area contributed by atoms with E-state index in [1.807, 2.05) is 18.2 Å². The molecule has 0 spiro atoms. The lowest BCUT2D eigenvalue weighted by molar-refractivity contribution is -0.136. The van der Waals surface area contributed by atoms with E-state index in [0.29, 0.717) is 30.5 Å². The van der Waals surface area contributed by atoms with Gasteiger partial charge in [0.2, 0.25) is 11.8 Å². The molecule has 1 aromatic rings. The first-order valence-corrected chi connectivity index (χ1v) is 9.75. The van der Waals surface area contributed by atoms with E-state index in [4.69, 9.17) is 5.73 Å². The second-order valence-electron chi connectivity index (χ2n) is 7.88. The molecule has 4 rings (SSSR count). The van der Waals surface area contributed by atoms with E-state index in [1.165, 1.54) is 6.42 Å². The number of piperidine rings is 1. The van der Waals surface area contributed by atoms with Crippen molar-refractivity contribution in [3.8, 4) is 0 Å². The Balaban J connectivity index is 1.41. The topological polar surface area (TPSA) is 105 Å². The fraction of sp³-hybridized carbons (Fsp3) is 0.550. The van der Waals surface area contributed by atoms with Gasteiger partial charge in [-0.25, -0.2) is 0 Å². The van der Waals surface area contributed by atoms with Crippen LogP contribution in [-0.4, -0.2) is 41.2 Å². The fourth-order valence-corrected chi connectivity index (χ4v) is 4.45. The Morgan fingerprint density at radius 2 is 2.04 bits per heavy atom. The van der Waals surface area contributed by atoms with Crippen LogP contribution < -0.4 is 16.4 Å². The largest absolute Gasteiger partial charge is 0.330 e. The number of benzene rings is 1. The standard InChI is InChI=1S/C20H26N4O3/c21-9-12-2-4-15(7-12)22-10-13-1-3-14-11-24(20(27)16(14)8-13)17-5-6-18(25)23-19(17)26/h1,3,8,12,15,17,22H,2,4-7,9-11,21H2,(H,23,25,26). The molecular weight excluding hydrogens is 344 g/mol. The summed E-state index contributed by atoms with van der Waals surface area (Å²) in [6.45, 7) is 1.90. The zero-order valence-electron chi connectivity index (χ0n) is 15.4. The highest BCUT2D eigenvalue weighted by Crippen LogP contribution is 2.29. The van der Waals surface area contributed by atoms with Crippen molar-refractivity contribution in [2.24, 2.45) is 11.7 Å². The van der Waals surface area contributed by atoms with E-state index < -0.39 is 6.04 Å². The molecule has 27 heavy (non-hydrogen) atoms. The third-order valence-corrected chi connectivity index (χ3v) is 6.06. The van der Waals surface area contributed by atoms with Gasteiger partial charge in [0.05, 0.1) is 0 Å². The number of nitrogens with zero attached hydrogens (tertiary/aromatic N) is 1. The number of hydrogen-bond acceptors (Lipinski definition) is 5. The molecule has 2 aliphatic heterocycles. The minimum absolute atomic E-state index is 0.120. The predicted molar refractivity (Wildman–Crippen MR) is 99.5 cm³/mol. The van der Waals surface area contributed by atoms with E-state index >= 15 is 0 Å². The second-order valence-corrected chi connectivity index (χ2v) is 7.88. The van der Waals surface area contributed by atoms with E-state index in [-0.39, 0.29) is 24.1 Å². The molecule has 2 fully saturated rings. The van der Waals surface area contributed by atoms with Crippen molar-refractivity contribution < 1.29 is 14.4 Å². The van der Waals surface area contributed by atoms with Crippen molar-refractivity contribution >= 4 is 17.7 Å². The van der Waals surface area contributed by atoms with Gasteiger partial charge in [-0.2, -0.15) is 0 Å². The van der Waals surface area contributed by atoms with Gasteiger partial charge in [-0.05, 0) is 55.3 Å². The van der Waals surface area contributed by atoms with Crippen LogP contribution in [0, 0.1) is 5.92 Å². The minimum Gasteiger partial charge on any atom is -0.330 e. The highest BCUT2D eigenvalue weighted by molar-refractivity contribution is 6.05. The third-order valence-electron chi connectivity index (χ3n) is 6.06. The third kappa shape index (κ3) is 3.61. The summed E-state index contributed by atoms with van der Waals surface area (Å²) in [6.07, 6.45) is 4.11. The van der Waals surface area contributed by atoms with Crippen LogP contribution in [-0.2, 0) is 22.7 Å². The number of carbonyl (C=O) groups excluding carboxylic acids is 3. The summed E-state index contributed by atoms with van der Waals surface area (Å²) >= 11 is 0. The quantitative estimate of drug-likeness (QED) is 0.661. The molecule has 1 saturated carbocycles. The van der Waals surface area contributed by atoms with Gasteiger partial charge in [0.15, 0.2) is 0 Å². The van der Waals surface area contributed by atoms with E-state index in [1.54, 1.807) is 4.90 Å². The number of rotatable bonds is 5. The van der Waals surface area contributed by atoms with Crippen LogP contribution in [0.15, 0.2) is 18.2 Å². The molecule has 3 aliphatic rings. The smallest absolute Gasteiger partial charge is 0.255 e. The van der Waals surface area contributed by atoms with Crippen LogP contribution >= 0.6 is 0 Å². The average Bonchev–Trinajstić information content (AvgIpc) is 3.25. The normalized spacial score (nSPS) is 27.8. The highest BCUT2D eigenvalue weighted by Gasteiger charge is 2.39. The van der Waals surface area contributed by atoms with Gasteiger partial charge >= 0.3 is 0 Å². The summed E-state index contributed by atoms with van der Waals surface area (Å²) in [6, 6.07) is 5.89. The van der Waals surface area contributed by atoms with E-state index in [9.17, 15) is 14.4 Å². The van der Waals surface area contributed by atoms with Crippen LogP contribution in [0.5, 0.6) is 0 Å². The van der Waals surface area contributed by atoms with Crippen LogP contribution in [0.3, 0.4) is 0 Å². The minimum atomic E-state index is -0.559. The number of amides is 3. The average molecular weight is 370 g/mol. The summed E-state index contributed by atoms with van der Waals surface area (Å²) in [7, 11) is 0. The maximum absolute atomic E-state index is 12.8. The van der Waals surface area contributed by atoms with Crippen molar-refractivity contribution in [1.29, 1.82) is 0 Å². The molecule has 1 saturated heterocycles. The Labute approximate surface area is 158 Å². The number of hydrogen-bond donors (Lipinski definition) is 3.